The zero-order chi connectivity index (χ0) is 24.7. The van der Waals surface area contributed by atoms with Gasteiger partial charge in [0.1, 0.15) is 18.5 Å². The molecule has 0 saturated carbocycles. The Balaban J connectivity index is 2.32. The van der Waals surface area contributed by atoms with E-state index in [4.69, 9.17) is 4.74 Å². The maximum atomic E-state index is 12.7. The van der Waals surface area contributed by atoms with Gasteiger partial charge in [0.05, 0.1) is 24.9 Å². The lowest BCUT2D eigenvalue weighted by molar-refractivity contribution is -0.141. The lowest BCUT2D eigenvalue weighted by atomic mass is 10.1. The van der Waals surface area contributed by atoms with E-state index in [0.29, 0.717) is 6.42 Å². The number of allylic oxidation sites excluding steroid dienone is 6. The first-order chi connectivity index (χ1) is 15.6. The molecular weight excluding hydrogens is 441 g/mol. The van der Waals surface area contributed by atoms with Crippen molar-refractivity contribution in [3.8, 4) is 5.75 Å². The first kappa shape index (κ1) is 28.2. The van der Waals surface area contributed by atoms with E-state index < -0.39 is 30.1 Å². The lowest BCUT2D eigenvalue weighted by Crippen LogP contribution is -2.23. The van der Waals surface area contributed by atoms with Crippen molar-refractivity contribution in [2.24, 2.45) is 0 Å². The molecular formula is C24H29F3O6. The number of halogens is 3. The fourth-order valence-corrected chi connectivity index (χ4v) is 2.48. The predicted molar refractivity (Wildman–Crippen MR) is 117 cm³/mol. The Hall–Kier alpha value is -2.88. The van der Waals surface area contributed by atoms with Gasteiger partial charge in [-0.25, -0.2) is 0 Å². The van der Waals surface area contributed by atoms with Crippen LogP contribution in [0.15, 0.2) is 72.9 Å². The van der Waals surface area contributed by atoms with E-state index in [-0.39, 0.29) is 31.2 Å². The van der Waals surface area contributed by atoms with Crippen molar-refractivity contribution < 1.29 is 42.8 Å². The van der Waals surface area contributed by atoms with Crippen LogP contribution < -0.4 is 4.74 Å². The zero-order valence-electron chi connectivity index (χ0n) is 18.2. The van der Waals surface area contributed by atoms with E-state index in [1.54, 1.807) is 36.5 Å². The minimum Gasteiger partial charge on any atom is -0.491 e. The van der Waals surface area contributed by atoms with E-state index in [9.17, 15) is 33.3 Å². The SMILES string of the molecule is COC(=O)CCC[C@H](O)[C@H](O)/C=C/C=C/C=C\C=C\[C@H](O)COc1cccc(C(F)(F)F)c1. The summed E-state index contributed by atoms with van der Waals surface area (Å²) >= 11 is 0. The van der Waals surface area contributed by atoms with Crippen molar-refractivity contribution in [3.63, 3.8) is 0 Å². The molecule has 0 unspecified atom stereocenters. The van der Waals surface area contributed by atoms with Gasteiger partial charge in [-0.05, 0) is 31.0 Å². The highest BCUT2D eigenvalue weighted by atomic mass is 19.4. The van der Waals surface area contributed by atoms with E-state index in [1.807, 2.05) is 0 Å². The molecule has 1 rings (SSSR count). The number of aliphatic hydroxyl groups excluding tert-OH is 3. The van der Waals surface area contributed by atoms with E-state index in [1.165, 1.54) is 31.4 Å². The number of aliphatic hydroxyl groups is 3. The number of ether oxygens (including phenoxy) is 2. The van der Waals surface area contributed by atoms with Crippen LogP contribution in [-0.4, -0.2) is 53.3 Å². The Morgan fingerprint density at radius 1 is 1.03 bits per heavy atom. The Bertz CT molecular complexity index is 830. The molecule has 0 saturated heterocycles. The number of carbonyl (C=O) groups excluding carboxylic acids is 1. The van der Waals surface area contributed by atoms with Crippen LogP contribution in [0.1, 0.15) is 24.8 Å². The Morgan fingerprint density at radius 2 is 1.67 bits per heavy atom. The van der Waals surface area contributed by atoms with Gasteiger partial charge in [-0.3, -0.25) is 4.79 Å². The highest BCUT2D eigenvalue weighted by Crippen LogP contribution is 2.31. The highest BCUT2D eigenvalue weighted by molar-refractivity contribution is 5.68. The quantitative estimate of drug-likeness (QED) is 0.300. The molecule has 0 radical (unpaired) electrons. The number of hydrogen-bond donors (Lipinski definition) is 3. The van der Waals surface area contributed by atoms with Gasteiger partial charge in [0.25, 0.3) is 0 Å². The lowest BCUT2D eigenvalue weighted by Gasteiger charge is -2.13. The van der Waals surface area contributed by atoms with Crippen LogP contribution in [0.25, 0.3) is 0 Å². The topological polar surface area (TPSA) is 96.2 Å². The molecule has 3 atom stereocenters. The largest absolute Gasteiger partial charge is 0.491 e. The van der Waals surface area contributed by atoms with E-state index >= 15 is 0 Å². The van der Waals surface area contributed by atoms with Crippen LogP contribution in [0.3, 0.4) is 0 Å². The molecule has 0 fully saturated rings. The summed E-state index contributed by atoms with van der Waals surface area (Å²) in [5.41, 5.74) is -0.825. The molecule has 0 heterocycles. The van der Waals surface area contributed by atoms with Gasteiger partial charge >= 0.3 is 12.1 Å². The maximum absolute atomic E-state index is 12.7. The van der Waals surface area contributed by atoms with Gasteiger partial charge in [0.15, 0.2) is 0 Å². The normalized spacial score (nSPS) is 15.5. The van der Waals surface area contributed by atoms with E-state index in [0.717, 1.165) is 12.1 Å². The van der Waals surface area contributed by atoms with Crippen molar-refractivity contribution in [3.05, 3.63) is 78.4 Å². The standard InChI is InChI=1S/C24H29F3O6/c1-32-23(31)15-9-14-22(30)21(29)13-7-5-3-2-4-6-11-19(28)17-33-20-12-8-10-18(16-20)24(25,26)27/h2-8,10-13,16,19,21-22,28-30H,9,14-15,17H2,1H3/b4-2-,5-3+,11-6+,13-7+/t19-,21+,22-/m0/s1. The maximum Gasteiger partial charge on any atom is 0.416 e. The monoisotopic (exact) mass is 470 g/mol. The van der Waals surface area contributed by atoms with Gasteiger partial charge in [0.2, 0.25) is 0 Å². The van der Waals surface area contributed by atoms with Crippen LogP contribution in [-0.2, 0) is 15.7 Å². The van der Waals surface area contributed by atoms with Crippen LogP contribution in [0.4, 0.5) is 13.2 Å². The highest BCUT2D eigenvalue weighted by Gasteiger charge is 2.30. The molecule has 0 bridgehead atoms. The third-order valence-electron chi connectivity index (χ3n) is 4.28. The molecule has 6 nitrogen and oxygen atoms in total. The number of esters is 1. The molecule has 1 aromatic rings. The summed E-state index contributed by atoms with van der Waals surface area (Å²) in [6.45, 7) is -0.204. The van der Waals surface area contributed by atoms with Gasteiger partial charge in [0, 0.05) is 6.42 Å². The second-order valence-electron chi connectivity index (χ2n) is 6.97. The van der Waals surface area contributed by atoms with Gasteiger partial charge in [-0.1, -0.05) is 54.7 Å². The molecule has 0 spiro atoms. The van der Waals surface area contributed by atoms with Crippen molar-refractivity contribution in [2.75, 3.05) is 13.7 Å². The van der Waals surface area contributed by atoms with Crippen molar-refractivity contribution in [1.29, 1.82) is 0 Å². The van der Waals surface area contributed by atoms with Crippen LogP contribution in [0.5, 0.6) is 5.75 Å². The average molecular weight is 470 g/mol. The summed E-state index contributed by atoms with van der Waals surface area (Å²) in [6, 6.07) is 4.41. The van der Waals surface area contributed by atoms with Crippen LogP contribution in [0, 0.1) is 0 Å². The molecule has 0 aliphatic heterocycles. The third-order valence-corrected chi connectivity index (χ3v) is 4.28. The molecule has 182 valence electrons. The second-order valence-corrected chi connectivity index (χ2v) is 6.97. The number of carbonyl (C=O) groups is 1. The summed E-state index contributed by atoms with van der Waals surface area (Å²) in [5.74, 6) is -0.356. The minimum atomic E-state index is -4.46. The predicted octanol–water partition coefficient (Wildman–Crippen LogP) is 3.74. The summed E-state index contributed by atoms with van der Waals surface area (Å²) < 4.78 is 47.7. The molecule has 0 aliphatic rings. The van der Waals surface area contributed by atoms with Crippen LogP contribution in [0.2, 0.25) is 0 Å². The molecule has 0 amide bonds. The number of methoxy groups -OCH3 is 1. The molecule has 0 aliphatic carbocycles. The molecule has 1 aromatic carbocycles. The first-order valence-electron chi connectivity index (χ1n) is 10.2. The molecule has 9 heteroatoms. The van der Waals surface area contributed by atoms with Crippen molar-refractivity contribution in [1.82, 2.24) is 0 Å². The third kappa shape index (κ3) is 12.7. The van der Waals surface area contributed by atoms with Gasteiger partial charge in [-0.15, -0.1) is 0 Å². The fourth-order valence-electron chi connectivity index (χ4n) is 2.48. The molecule has 0 aromatic heterocycles. The summed E-state index contributed by atoms with van der Waals surface area (Å²) in [5, 5.41) is 29.5. The number of alkyl halides is 3. The number of benzene rings is 1. The summed E-state index contributed by atoms with van der Waals surface area (Å²) in [6.07, 6.45) is 5.80. The Kier molecular flexibility index (Phi) is 12.8. The molecule has 3 N–H and O–H groups in total. The van der Waals surface area contributed by atoms with E-state index in [2.05, 4.69) is 4.74 Å². The summed E-state index contributed by atoms with van der Waals surface area (Å²) in [7, 11) is 1.29. The number of rotatable bonds is 13. The molecule has 33 heavy (non-hydrogen) atoms. The van der Waals surface area contributed by atoms with Crippen molar-refractivity contribution >= 4 is 5.97 Å². The Labute approximate surface area is 191 Å². The minimum absolute atomic E-state index is 0.0123. The zero-order valence-corrected chi connectivity index (χ0v) is 18.2. The summed E-state index contributed by atoms with van der Waals surface area (Å²) in [4.78, 5) is 11.0. The van der Waals surface area contributed by atoms with Gasteiger partial charge in [-0.2, -0.15) is 13.2 Å². The first-order valence-corrected chi connectivity index (χ1v) is 10.2. The van der Waals surface area contributed by atoms with Crippen molar-refractivity contribution in [2.45, 2.75) is 43.8 Å². The van der Waals surface area contributed by atoms with Crippen LogP contribution >= 0.6 is 0 Å². The number of hydrogen-bond acceptors (Lipinski definition) is 6. The average Bonchev–Trinajstić information content (AvgIpc) is 2.78. The second kappa shape index (κ2) is 15.0. The Morgan fingerprint density at radius 3 is 2.30 bits per heavy atom. The smallest absolute Gasteiger partial charge is 0.416 e. The van der Waals surface area contributed by atoms with Gasteiger partial charge < -0.3 is 24.8 Å². The fraction of sp³-hybridized carbons (Fsp3) is 0.375.